The van der Waals surface area contributed by atoms with Gasteiger partial charge in [-0.2, -0.15) is 5.26 Å². The molecule has 0 saturated heterocycles. The van der Waals surface area contributed by atoms with Gasteiger partial charge < -0.3 is 4.42 Å². The maximum Gasteiger partial charge on any atom is 0.345 e. The van der Waals surface area contributed by atoms with Crippen molar-refractivity contribution < 1.29 is 4.42 Å². The van der Waals surface area contributed by atoms with Gasteiger partial charge in [-0.05, 0) is 17.7 Å². The van der Waals surface area contributed by atoms with Gasteiger partial charge in [0.05, 0.1) is 11.1 Å². The van der Waals surface area contributed by atoms with Crippen molar-refractivity contribution in [2.75, 3.05) is 0 Å². The molecule has 2 aromatic carbocycles. The van der Waals surface area contributed by atoms with Crippen molar-refractivity contribution in [3.63, 3.8) is 0 Å². The smallest absolute Gasteiger partial charge is 0.345 e. The highest BCUT2D eigenvalue weighted by molar-refractivity contribution is 5.89. The molecule has 0 N–H and O–H groups in total. The summed E-state index contributed by atoms with van der Waals surface area (Å²) in [4.78, 5) is 12.1. The van der Waals surface area contributed by atoms with Crippen molar-refractivity contribution >= 4 is 11.0 Å². The highest BCUT2D eigenvalue weighted by Gasteiger charge is 2.15. The van der Waals surface area contributed by atoms with Crippen LogP contribution in [0.15, 0.2) is 63.8 Å². The molecule has 0 aliphatic heterocycles. The van der Waals surface area contributed by atoms with Gasteiger partial charge in [0.1, 0.15) is 11.7 Å². The van der Waals surface area contributed by atoms with E-state index in [9.17, 15) is 10.1 Å². The van der Waals surface area contributed by atoms with Crippen LogP contribution in [-0.4, -0.2) is 0 Å². The second-order valence-corrected chi connectivity index (χ2v) is 4.11. The molecule has 1 heterocycles. The van der Waals surface area contributed by atoms with E-state index in [1.807, 2.05) is 24.3 Å². The van der Waals surface area contributed by atoms with E-state index >= 15 is 0 Å². The standard InChI is InChI=1S/C16H9NO2/c17-10-13-12-8-4-5-9-14(12)19-16(18)15(13)11-6-2-1-3-7-11/h1-9H. The Morgan fingerprint density at radius 3 is 2.37 bits per heavy atom. The van der Waals surface area contributed by atoms with Crippen molar-refractivity contribution in [3.8, 4) is 17.2 Å². The van der Waals surface area contributed by atoms with Crippen molar-refractivity contribution in [2.24, 2.45) is 0 Å². The highest BCUT2D eigenvalue weighted by atomic mass is 16.4. The van der Waals surface area contributed by atoms with Crippen LogP contribution in [0, 0.1) is 11.3 Å². The van der Waals surface area contributed by atoms with Gasteiger partial charge in [-0.1, -0.05) is 42.5 Å². The van der Waals surface area contributed by atoms with Gasteiger partial charge in [0.25, 0.3) is 0 Å². The third-order valence-corrected chi connectivity index (χ3v) is 2.99. The van der Waals surface area contributed by atoms with Gasteiger partial charge in [0, 0.05) is 5.39 Å². The molecular formula is C16H9NO2. The van der Waals surface area contributed by atoms with Crippen LogP contribution in [0.5, 0.6) is 0 Å². The van der Waals surface area contributed by atoms with Crippen molar-refractivity contribution in [3.05, 3.63) is 70.6 Å². The molecule has 0 aliphatic rings. The average molecular weight is 247 g/mol. The SMILES string of the molecule is N#Cc1c(-c2ccccc2)c(=O)oc2ccccc12. The van der Waals surface area contributed by atoms with Crippen LogP contribution in [0.2, 0.25) is 0 Å². The molecule has 3 aromatic rings. The maximum absolute atomic E-state index is 12.1. The number of hydrogen-bond donors (Lipinski definition) is 0. The van der Waals surface area contributed by atoms with Crippen LogP contribution >= 0.6 is 0 Å². The Balaban J connectivity index is 2.47. The predicted molar refractivity (Wildman–Crippen MR) is 72.6 cm³/mol. The first-order chi connectivity index (χ1) is 9.31. The summed E-state index contributed by atoms with van der Waals surface area (Å²) in [5, 5.41) is 10.0. The predicted octanol–water partition coefficient (Wildman–Crippen LogP) is 3.33. The van der Waals surface area contributed by atoms with Crippen LogP contribution in [0.1, 0.15) is 5.56 Å². The third-order valence-electron chi connectivity index (χ3n) is 2.99. The van der Waals surface area contributed by atoms with E-state index in [2.05, 4.69) is 6.07 Å². The molecule has 19 heavy (non-hydrogen) atoms. The summed E-state index contributed by atoms with van der Waals surface area (Å²) in [6.45, 7) is 0. The zero-order chi connectivity index (χ0) is 13.2. The minimum atomic E-state index is -0.485. The van der Waals surface area contributed by atoms with Crippen LogP contribution in [0.25, 0.3) is 22.1 Å². The van der Waals surface area contributed by atoms with Gasteiger partial charge in [-0.3, -0.25) is 0 Å². The summed E-state index contributed by atoms with van der Waals surface area (Å²) >= 11 is 0. The molecule has 3 nitrogen and oxygen atoms in total. The first-order valence-electron chi connectivity index (χ1n) is 5.82. The lowest BCUT2D eigenvalue weighted by Crippen LogP contribution is -2.06. The average Bonchev–Trinajstić information content (AvgIpc) is 2.46. The van der Waals surface area contributed by atoms with Crippen molar-refractivity contribution in [2.45, 2.75) is 0 Å². The zero-order valence-corrected chi connectivity index (χ0v) is 9.96. The number of nitrogens with zero attached hydrogens (tertiary/aromatic N) is 1. The van der Waals surface area contributed by atoms with E-state index in [1.165, 1.54) is 0 Å². The molecule has 0 amide bonds. The van der Waals surface area contributed by atoms with Gasteiger partial charge in [0.2, 0.25) is 0 Å². The Morgan fingerprint density at radius 2 is 1.63 bits per heavy atom. The van der Waals surface area contributed by atoms with Crippen LogP contribution < -0.4 is 5.63 Å². The van der Waals surface area contributed by atoms with E-state index in [-0.39, 0.29) is 0 Å². The number of nitriles is 1. The zero-order valence-electron chi connectivity index (χ0n) is 9.96. The first-order valence-corrected chi connectivity index (χ1v) is 5.82. The molecule has 0 saturated carbocycles. The number of rotatable bonds is 1. The lowest BCUT2D eigenvalue weighted by Gasteiger charge is -2.05. The Labute approximate surface area is 109 Å². The first kappa shape index (κ1) is 11.2. The van der Waals surface area contributed by atoms with Crippen molar-refractivity contribution in [1.29, 1.82) is 5.26 Å². The summed E-state index contributed by atoms with van der Waals surface area (Å²) in [6, 6.07) is 18.3. The fourth-order valence-electron chi connectivity index (χ4n) is 2.13. The summed E-state index contributed by atoms with van der Waals surface area (Å²) in [5.74, 6) is 0. The summed E-state index contributed by atoms with van der Waals surface area (Å²) in [6.07, 6.45) is 0. The minimum Gasteiger partial charge on any atom is -0.422 e. The van der Waals surface area contributed by atoms with Crippen molar-refractivity contribution in [1.82, 2.24) is 0 Å². The van der Waals surface area contributed by atoms with Gasteiger partial charge in [-0.15, -0.1) is 0 Å². The van der Waals surface area contributed by atoms with Gasteiger partial charge in [0.15, 0.2) is 0 Å². The Morgan fingerprint density at radius 1 is 0.947 bits per heavy atom. The number of benzene rings is 2. The molecule has 0 spiro atoms. The van der Waals surface area contributed by atoms with Gasteiger partial charge in [-0.25, -0.2) is 4.79 Å². The Hall–Kier alpha value is -2.86. The van der Waals surface area contributed by atoms with Crippen LogP contribution in [0.3, 0.4) is 0 Å². The second kappa shape index (κ2) is 4.43. The molecule has 0 radical (unpaired) electrons. The van der Waals surface area contributed by atoms with E-state index < -0.39 is 5.63 Å². The van der Waals surface area contributed by atoms with Gasteiger partial charge >= 0.3 is 5.63 Å². The molecule has 90 valence electrons. The molecule has 3 rings (SSSR count). The molecule has 0 bridgehead atoms. The monoisotopic (exact) mass is 247 g/mol. The fraction of sp³-hybridized carbons (Fsp3) is 0. The Kier molecular flexibility index (Phi) is 2.62. The van der Waals surface area contributed by atoms with Crippen LogP contribution in [-0.2, 0) is 0 Å². The third kappa shape index (κ3) is 1.80. The molecular weight excluding hydrogens is 238 g/mol. The van der Waals surface area contributed by atoms with E-state index in [1.54, 1.807) is 30.3 Å². The Bertz CT molecular complexity index is 842. The molecule has 1 aromatic heterocycles. The number of fused-ring (bicyclic) bond motifs is 1. The summed E-state index contributed by atoms with van der Waals surface area (Å²) in [5.41, 5.74) is 1.32. The molecule has 0 unspecified atom stereocenters. The highest BCUT2D eigenvalue weighted by Crippen LogP contribution is 2.26. The topological polar surface area (TPSA) is 54.0 Å². The fourth-order valence-corrected chi connectivity index (χ4v) is 2.13. The van der Waals surface area contributed by atoms with E-state index in [0.717, 1.165) is 0 Å². The summed E-state index contributed by atoms with van der Waals surface area (Å²) in [7, 11) is 0. The number of hydrogen-bond acceptors (Lipinski definition) is 3. The lowest BCUT2D eigenvalue weighted by molar-refractivity contribution is 0.563. The molecule has 0 fully saturated rings. The molecule has 3 heteroatoms. The lowest BCUT2D eigenvalue weighted by atomic mass is 9.99. The molecule has 0 aliphatic carbocycles. The maximum atomic E-state index is 12.1. The molecule has 0 atom stereocenters. The quantitative estimate of drug-likeness (QED) is 0.620. The minimum absolute atomic E-state index is 0.321. The second-order valence-electron chi connectivity index (χ2n) is 4.11. The summed E-state index contributed by atoms with van der Waals surface area (Å²) < 4.78 is 5.28. The van der Waals surface area contributed by atoms with E-state index in [0.29, 0.717) is 27.7 Å². The normalized spacial score (nSPS) is 10.3. The van der Waals surface area contributed by atoms with E-state index in [4.69, 9.17) is 4.42 Å². The largest absolute Gasteiger partial charge is 0.422 e. The number of para-hydroxylation sites is 1. The van der Waals surface area contributed by atoms with Crippen LogP contribution in [0.4, 0.5) is 0 Å².